The third kappa shape index (κ3) is 7.13. The maximum atomic E-state index is 12.3. The Kier molecular flexibility index (Phi) is 10.5. The fraction of sp³-hybridized carbons (Fsp3) is 0.429. The van der Waals surface area contributed by atoms with Crippen molar-refractivity contribution in [2.75, 3.05) is 23.9 Å². The number of carbonyl (C=O) groups is 2. The minimum Gasteiger partial charge on any atom is -0.461 e. The Labute approximate surface area is 176 Å². The fourth-order valence-electron chi connectivity index (χ4n) is 1.47. The highest BCUT2D eigenvalue weighted by molar-refractivity contribution is 9.12. The van der Waals surface area contributed by atoms with Crippen LogP contribution in [0.2, 0.25) is 0 Å². The van der Waals surface area contributed by atoms with Gasteiger partial charge in [0.05, 0.1) is 20.8 Å². The predicted octanol–water partition coefficient (Wildman–Crippen LogP) is 5.08. The van der Waals surface area contributed by atoms with Crippen molar-refractivity contribution in [3.8, 4) is 0 Å². The third-order valence-corrected chi connectivity index (χ3v) is 7.70. The molecule has 0 aliphatic heterocycles. The van der Waals surface area contributed by atoms with Gasteiger partial charge in [-0.1, -0.05) is 69.8 Å². The first-order chi connectivity index (χ1) is 10.9. The Balaban J connectivity index is 2.90. The molecule has 0 heterocycles. The summed E-state index contributed by atoms with van der Waals surface area (Å²) in [6.45, 7) is 0.380. The number of esters is 2. The van der Waals surface area contributed by atoms with Gasteiger partial charge >= 0.3 is 11.9 Å². The molecule has 0 aliphatic carbocycles. The molecule has 1 aromatic carbocycles. The van der Waals surface area contributed by atoms with Crippen LogP contribution >= 0.6 is 79.6 Å². The highest BCUT2D eigenvalue weighted by Gasteiger charge is 2.23. The molecule has 0 N–H and O–H groups in total. The lowest BCUT2D eigenvalue weighted by molar-refractivity contribution is 0.0465. The number of hydrogen-bond donors (Lipinski definition) is 0. The van der Waals surface area contributed by atoms with Gasteiger partial charge in [-0.2, -0.15) is 0 Å². The zero-order chi connectivity index (χ0) is 17.4. The molecule has 0 bridgehead atoms. The average Bonchev–Trinajstić information content (AvgIpc) is 2.56. The number of benzene rings is 1. The molecule has 0 aliphatic rings. The van der Waals surface area contributed by atoms with Crippen LogP contribution in [-0.2, 0) is 9.47 Å². The smallest absolute Gasteiger partial charge is 0.340 e. The number of ether oxygens (including phenoxy) is 2. The topological polar surface area (TPSA) is 52.6 Å². The van der Waals surface area contributed by atoms with Crippen molar-refractivity contribution in [2.24, 2.45) is 0 Å². The molecule has 1 rings (SSSR count). The van der Waals surface area contributed by atoms with Crippen molar-refractivity contribution >= 4 is 91.6 Å². The lowest BCUT2D eigenvalue weighted by atomic mass is 10.1. The molecular formula is C14H13Br5O4. The van der Waals surface area contributed by atoms with Crippen LogP contribution in [0.1, 0.15) is 20.7 Å². The lowest BCUT2D eigenvalue weighted by Gasteiger charge is -2.13. The highest BCUT2D eigenvalue weighted by Crippen LogP contribution is 2.23. The molecule has 9 heteroatoms. The number of rotatable bonds is 8. The molecule has 128 valence electrons. The van der Waals surface area contributed by atoms with E-state index in [0.717, 1.165) is 0 Å². The van der Waals surface area contributed by atoms with Crippen LogP contribution in [0.4, 0.5) is 0 Å². The molecule has 2 atom stereocenters. The van der Waals surface area contributed by atoms with Crippen LogP contribution in [0.15, 0.2) is 22.7 Å². The van der Waals surface area contributed by atoms with Gasteiger partial charge < -0.3 is 9.47 Å². The molecule has 0 spiro atoms. The second-order valence-electron chi connectivity index (χ2n) is 4.36. The first-order valence-corrected chi connectivity index (χ1v) is 11.3. The lowest BCUT2D eigenvalue weighted by Crippen LogP contribution is -2.20. The number of alkyl halides is 4. The molecule has 0 radical (unpaired) electrons. The van der Waals surface area contributed by atoms with Crippen molar-refractivity contribution in [2.45, 2.75) is 9.65 Å². The summed E-state index contributed by atoms with van der Waals surface area (Å²) in [6.07, 6.45) is 0. The summed E-state index contributed by atoms with van der Waals surface area (Å²) in [5.41, 5.74) is 0.334. The van der Waals surface area contributed by atoms with Gasteiger partial charge in [0.15, 0.2) is 0 Å². The fourth-order valence-corrected chi connectivity index (χ4v) is 2.64. The zero-order valence-corrected chi connectivity index (χ0v) is 19.7. The summed E-state index contributed by atoms with van der Waals surface area (Å²) < 4.78 is 10.9. The maximum Gasteiger partial charge on any atom is 0.340 e. The van der Waals surface area contributed by atoms with Crippen LogP contribution < -0.4 is 0 Å². The van der Waals surface area contributed by atoms with E-state index in [0.29, 0.717) is 15.1 Å². The number of halogens is 5. The van der Waals surface area contributed by atoms with Crippen LogP contribution in [0.3, 0.4) is 0 Å². The van der Waals surface area contributed by atoms with Crippen LogP contribution in [0.25, 0.3) is 0 Å². The zero-order valence-electron chi connectivity index (χ0n) is 11.7. The first-order valence-electron chi connectivity index (χ1n) is 6.43. The SMILES string of the molecule is O=C(OCC(Br)CBr)c1cccc(Br)c1C(=O)OCC(Br)CBr. The van der Waals surface area contributed by atoms with Crippen LogP contribution in [-0.4, -0.2) is 45.5 Å². The summed E-state index contributed by atoms with van der Waals surface area (Å²) in [7, 11) is 0. The predicted molar refractivity (Wildman–Crippen MR) is 108 cm³/mol. The minimum atomic E-state index is -0.578. The van der Waals surface area contributed by atoms with Gasteiger partial charge in [0.25, 0.3) is 0 Å². The average molecular weight is 645 g/mol. The van der Waals surface area contributed by atoms with Gasteiger partial charge in [-0.15, -0.1) is 0 Å². The van der Waals surface area contributed by atoms with E-state index in [2.05, 4.69) is 79.6 Å². The largest absolute Gasteiger partial charge is 0.461 e. The summed E-state index contributed by atoms with van der Waals surface area (Å²) in [6, 6.07) is 4.88. The van der Waals surface area contributed by atoms with E-state index in [1.165, 1.54) is 6.07 Å². The Morgan fingerprint density at radius 1 is 0.957 bits per heavy atom. The molecular weight excluding hydrogens is 632 g/mol. The summed E-state index contributed by atoms with van der Waals surface area (Å²) in [4.78, 5) is 24.5. The van der Waals surface area contributed by atoms with Crippen molar-refractivity contribution in [1.82, 2.24) is 0 Å². The number of carbonyl (C=O) groups excluding carboxylic acids is 2. The third-order valence-electron chi connectivity index (χ3n) is 2.56. The molecule has 0 aromatic heterocycles. The summed E-state index contributed by atoms with van der Waals surface area (Å²) >= 11 is 16.6. The van der Waals surface area contributed by atoms with E-state index in [4.69, 9.17) is 9.47 Å². The van der Waals surface area contributed by atoms with E-state index in [1.807, 2.05) is 0 Å². The second kappa shape index (κ2) is 11.2. The quantitative estimate of drug-likeness (QED) is 0.293. The van der Waals surface area contributed by atoms with Crippen molar-refractivity contribution in [3.63, 3.8) is 0 Å². The molecule has 0 saturated heterocycles. The van der Waals surface area contributed by atoms with E-state index in [1.54, 1.807) is 12.1 Å². The van der Waals surface area contributed by atoms with Gasteiger partial charge in [0.1, 0.15) is 13.2 Å². The summed E-state index contributed by atoms with van der Waals surface area (Å²) in [5, 5.41) is 1.29. The van der Waals surface area contributed by atoms with Gasteiger partial charge in [-0.25, -0.2) is 9.59 Å². The van der Waals surface area contributed by atoms with Gasteiger partial charge in [-0.05, 0) is 28.1 Å². The van der Waals surface area contributed by atoms with Crippen molar-refractivity contribution in [3.05, 3.63) is 33.8 Å². The second-order valence-corrected chi connectivity index (χ2v) is 9.10. The molecule has 2 unspecified atom stereocenters. The Morgan fingerprint density at radius 3 is 2.00 bits per heavy atom. The van der Waals surface area contributed by atoms with Gasteiger partial charge in [0.2, 0.25) is 0 Å². The molecule has 0 saturated carbocycles. The molecule has 23 heavy (non-hydrogen) atoms. The number of hydrogen-bond acceptors (Lipinski definition) is 4. The van der Waals surface area contributed by atoms with Gasteiger partial charge in [0, 0.05) is 15.1 Å². The maximum absolute atomic E-state index is 12.3. The van der Waals surface area contributed by atoms with Crippen molar-refractivity contribution in [1.29, 1.82) is 0 Å². The van der Waals surface area contributed by atoms with E-state index in [9.17, 15) is 9.59 Å². The van der Waals surface area contributed by atoms with Crippen LogP contribution in [0.5, 0.6) is 0 Å². The van der Waals surface area contributed by atoms with E-state index < -0.39 is 11.9 Å². The normalized spacial score (nSPS) is 13.3. The van der Waals surface area contributed by atoms with E-state index >= 15 is 0 Å². The molecule has 4 nitrogen and oxygen atoms in total. The molecule has 0 amide bonds. The van der Waals surface area contributed by atoms with Crippen LogP contribution in [0, 0.1) is 0 Å². The standard InChI is InChI=1S/C14H13Br5O4/c15-4-8(17)6-22-13(20)10-2-1-3-11(19)12(10)14(21)23-7-9(18)5-16/h1-3,8-9H,4-7H2. The molecule has 1 aromatic rings. The molecule has 0 fully saturated rings. The Bertz CT molecular complexity index is 552. The minimum absolute atomic E-state index is 0.00193. The Hall–Kier alpha value is 0.560. The Morgan fingerprint density at radius 2 is 1.48 bits per heavy atom. The van der Waals surface area contributed by atoms with Gasteiger partial charge in [-0.3, -0.25) is 0 Å². The summed E-state index contributed by atoms with van der Waals surface area (Å²) in [5.74, 6) is -1.15. The highest BCUT2D eigenvalue weighted by atomic mass is 79.9. The monoisotopic (exact) mass is 640 g/mol. The van der Waals surface area contributed by atoms with Crippen molar-refractivity contribution < 1.29 is 19.1 Å². The van der Waals surface area contributed by atoms with E-state index in [-0.39, 0.29) is 34.0 Å². The first kappa shape index (κ1) is 21.6.